The maximum Gasteiger partial charge on any atom is 0.322 e. The first-order valence-corrected chi connectivity index (χ1v) is 12.6. The van der Waals surface area contributed by atoms with Crippen molar-refractivity contribution in [2.45, 2.75) is 39.8 Å². The van der Waals surface area contributed by atoms with Gasteiger partial charge in [0.2, 0.25) is 5.91 Å². The van der Waals surface area contributed by atoms with E-state index in [4.69, 9.17) is 0 Å². The number of aromatic nitrogens is 1. The van der Waals surface area contributed by atoms with E-state index in [2.05, 4.69) is 47.1 Å². The van der Waals surface area contributed by atoms with Gasteiger partial charge in [-0.15, -0.1) is 0 Å². The van der Waals surface area contributed by atoms with Gasteiger partial charge in [0.15, 0.2) is 0 Å². The second-order valence-corrected chi connectivity index (χ2v) is 9.84. The standard InChI is InChI=1S/C31H32N4O2/c1-21(2)34(31(37)32-25-11-6-5-10-23(25)4)20-29(36)35-27-13-8-7-12-26(27)33-19-9-14-28(33)30(35)24-17-15-22(3)16-18-24/h5-19,21,30H,20H2,1-4H3,(H,32,37). The van der Waals surface area contributed by atoms with Crippen LogP contribution in [0.5, 0.6) is 0 Å². The maximum absolute atomic E-state index is 14.2. The molecule has 1 aliphatic heterocycles. The normalized spacial score (nSPS) is 14.2. The number of benzene rings is 3. The summed E-state index contributed by atoms with van der Waals surface area (Å²) in [5.41, 5.74) is 6.67. The molecule has 3 aromatic carbocycles. The second-order valence-electron chi connectivity index (χ2n) is 9.84. The zero-order valence-electron chi connectivity index (χ0n) is 21.7. The quantitative estimate of drug-likeness (QED) is 0.347. The molecule has 0 aliphatic carbocycles. The average molecular weight is 493 g/mol. The van der Waals surface area contributed by atoms with E-state index in [1.807, 2.05) is 86.5 Å². The van der Waals surface area contributed by atoms with Crippen molar-refractivity contribution < 1.29 is 9.59 Å². The highest BCUT2D eigenvalue weighted by Gasteiger charge is 2.37. The largest absolute Gasteiger partial charge is 0.322 e. The highest BCUT2D eigenvalue weighted by Crippen LogP contribution is 2.42. The van der Waals surface area contributed by atoms with Crippen molar-refractivity contribution in [3.63, 3.8) is 0 Å². The summed E-state index contributed by atoms with van der Waals surface area (Å²) in [7, 11) is 0. The third-order valence-corrected chi connectivity index (χ3v) is 6.96. The number of carbonyl (C=O) groups excluding carboxylic acids is 2. The number of anilines is 2. The minimum Gasteiger partial charge on any atom is -0.316 e. The molecule has 0 fully saturated rings. The van der Waals surface area contributed by atoms with Crippen LogP contribution in [0.4, 0.5) is 16.2 Å². The van der Waals surface area contributed by atoms with Gasteiger partial charge in [0, 0.05) is 17.9 Å². The molecule has 1 aliphatic rings. The molecule has 1 aromatic heterocycles. The predicted molar refractivity (Wildman–Crippen MR) is 148 cm³/mol. The van der Waals surface area contributed by atoms with Crippen LogP contribution in [-0.4, -0.2) is 34.0 Å². The third kappa shape index (κ3) is 4.62. The van der Waals surface area contributed by atoms with E-state index >= 15 is 0 Å². The first-order valence-electron chi connectivity index (χ1n) is 12.6. The molecule has 1 atom stereocenters. The van der Waals surface area contributed by atoms with Gasteiger partial charge in [-0.2, -0.15) is 0 Å². The van der Waals surface area contributed by atoms with E-state index in [1.54, 1.807) is 4.90 Å². The summed E-state index contributed by atoms with van der Waals surface area (Å²) in [6.07, 6.45) is 2.03. The Morgan fingerprint density at radius 2 is 1.54 bits per heavy atom. The molecule has 37 heavy (non-hydrogen) atoms. The average Bonchev–Trinajstić information content (AvgIpc) is 3.38. The molecule has 6 nitrogen and oxygen atoms in total. The number of urea groups is 1. The van der Waals surface area contributed by atoms with Crippen molar-refractivity contribution in [3.8, 4) is 5.69 Å². The van der Waals surface area contributed by atoms with Crippen LogP contribution in [0.3, 0.4) is 0 Å². The van der Waals surface area contributed by atoms with E-state index in [0.29, 0.717) is 0 Å². The van der Waals surface area contributed by atoms with E-state index in [1.165, 1.54) is 0 Å². The lowest BCUT2D eigenvalue weighted by molar-refractivity contribution is -0.119. The Kier molecular flexibility index (Phi) is 6.57. The van der Waals surface area contributed by atoms with Gasteiger partial charge in [-0.05, 0) is 69.2 Å². The Hall–Kier alpha value is -4.32. The number of para-hydroxylation sites is 3. The van der Waals surface area contributed by atoms with Crippen LogP contribution in [0.1, 0.15) is 42.3 Å². The van der Waals surface area contributed by atoms with Crippen molar-refractivity contribution in [2.75, 3.05) is 16.8 Å². The summed E-state index contributed by atoms with van der Waals surface area (Å²) in [6.45, 7) is 7.81. The number of fused-ring (bicyclic) bond motifs is 3. The lowest BCUT2D eigenvalue weighted by atomic mass is 9.97. The van der Waals surface area contributed by atoms with Crippen LogP contribution in [-0.2, 0) is 4.79 Å². The Bertz CT molecular complexity index is 1440. The molecular formula is C31H32N4O2. The van der Waals surface area contributed by atoms with Crippen molar-refractivity contribution >= 4 is 23.3 Å². The summed E-state index contributed by atoms with van der Waals surface area (Å²) < 4.78 is 2.15. The SMILES string of the molecule is Cc1ccc(C2c3cccn3-c3ccccc3N2C(=O)CN(C(=O)Nc2ccccc2C)C(C)C)cc1. The van der Waals surface area contributed by atoms with Crippen molar-refractivity contribution in [2.24, 2.45) is 0 Å². The number of hydrogen-bond donors (Lipinski definition) is 1. The molecule has 0 spiro atoms. The van der Waals surface area contributed by atoms with Gasteiger partial charge in [0.1, 0.15) is 12.6 Å². The van der Waals surface area contributed by atoms with Gasteiger partial charge in [0.05, 0.1) is 17.1 Å². The monoisotopic (exact) mass is 492 g/mol. The molecule has 0 saturated heterocycles. The molecule has 0 bridgehead atoms. The highest BCUT2D eigenvalue weighted by molar-refractivity contribution is 6.01. The Morgan fingerprint density at radius 1 is 0.865 bits per heavy atom. The third-order valence-electron chi connectivity index (χ3n) is 6.96. The minimum atomic E-state index is -0.313. The molecule has 188 valence electrons. The van der Waals surface area contributed by atoms with Crippen molar-refractivity contribution in [3.05, 3.63) is 114 Å². The number of amides is 3. The van der Waals surface area contributed by atoms with Gasteiger partial charge in [-0.25, -0.2) is 4.79 Å². The zero-order valence-corrected chi connectivity index (χ0v) is 21.7. The first-order chi connectivity index (χ1) is 17.8. The summed E-state index contributed by atoms with van der Waals surface area (Å²) in [6, 6.07) is 27.2. The molecule has 0 saturated carbocycles. The molecule has 4 aromatic rings. The Morgan fingerprint density at radius 3 is 2.24 bits per heavy atom. The molecule has 2 heterocycles. The lowest BCUT2D eigenvalue weighted by Gasteiger charge is -2.40. The molecule has 6 heteroatoms. The van der Waals surface area contributed by atoms with Crippen LogP contribution in [0.25, 0.3) is 5.69 Å². The fraction of sp³-hybridized carbons (Fsp3) is 0.226. The highest BCUT2D eigenvalue weighted by atomic mass is 16.2. The summed E-state index contributed by atoms with van der Waals surface area (Å²) in [5, 5.41) is 2.99. The summed E-state index contributed by atoms with van der Waals surface area (Å²) in [4.78, 5) is 31.0. The fourth-order valence-corrected chi connectivity index (χ4v) is 4.94. The number of hydrogen-bond acceptors (Lipinski definition) is 2. The number of carbonyl (C=O) groups is 2. The fourth-order valence-electron chi connectivity index (χ4n) is 4.94. The number of aryl methyl sites for hydroxylation is 2. The Balaban J connectivity index is 1.52. The molecule has 3 amide bonds. The molecule has 5 rings (SSSR count). The number of nitrogens with zero attached hydrogens (tertiary/aromatic N) is 3. The zero-order chi connectivity index (χ0) is 26.1. The van der Waals surface area contributed by atoms with Crippen LogP contribution >= 0.6 is 0 Å². The topological polar surface area (TPSA) is 57.6 Å². The van der Waals surface area contributed by atoms with Gasteiger partial charge in [-0.1, -0.05) is 60.2 Å². The summed E-state index contributed by atoms with van der Waals surface area (Å²) >= 11 is 0. The van der Waals surface area contributed by atoms with E-state index in [0.717, 1.165) is 39.4 Å². The summed E-state index contributed by atoms with van der Waals surface area (Å²) in [5.74, 6) is -0.140. The molecule has 1 unspecified atom stereocenters. The van der Waals surface area contributed by atoms with Gasteiger partial charge < -0.3 is 14.8 Å². The second kappa shape index (κ2) is 9.97. The maximum atomic E-state index is 14.2. The van der Waals surface area contributed by atoms with E-state index in [9.17, 15) is 9.59 Å². The molecule has 0 radical (unpaired) electrons. The van der Waals surface area contributed by atoms with Crippen LogP contribution < -0.4 is 10.2 Å². The molecule has 1 N–H and O–H groups in total. The number of nitrogens with one attached hydrogen (secondary N) is 1. The first kappa shape index (κ1) is 24.4. The number of rotatable bonds is 5. The van der Waals surface area contributed by atoms with Crippen LogP contribution in [0.2, 0.25) is 0 Å². The van der Waals surface area contributed by atoms with E-state index in [-0.39, 0.29) is 30.6 Å². The Labute approximate surface area is 218 Å². The van der Waals surface area contributed by atoms with Crippen molar-refractivity contribution in [1.29, 1.82) is 0 Å². The smallest absolute Gasteiger partial charge is 0.316 e. The minimum absolute atomic E-state index is 0.0488. The van der Waals surface area contributed by atoms with Gasteiger partial charge in [-0.3, -0.25) is 9.69 Å². The van der Waals surface area contributed by atoms with E-state index < -0.39 is 0 Å². The van der Waals surface area contributed by atoms with Gasteiger partial charge >= 0.3 is 6.03 Å². The lowest BCUT2D eigenvalue weighted by Crippen LogP contribution is -2.49. The van der Waals surface area contributed by atoms with Gasteiger partial charge in [0.25, 0.3) is 0 Å². The van der Waals surface area contributed by atoms with Crippen LogP contribution in [0.15, 0.2) is 91.1 Å². The predicted octanol–water partition coefficient (Wildman–Crippen LogP) is 6.47. The molecular weight excluding hydrogens is 460 g/mol. The van der Waals surface area contributed by atoms with Crippen molar-refractivity contribution in [1.82, 2.24) is 9.47 Å². The van der Waals surface area contributed by atoms with Crippen LogP contribution in [0, 0.1) is 13.8 Å².